The monoisotopic (exact) mass is 553 g/mol. The van der Waals surface area contributed by atoms with Crippen LogP contribution in [0.2, 0.25) is 0 Å². The molecule has 1 amide bonds. The number of pyridine rings is 1. The van der Waals surface area contributed by atoms with E-state index in [1.54, 1.807) is 10.9 Å². The fourth-order valence-electron chi connectivity index (χ4n) is 4.46. The molecule has 0 fully saturated rings. The number of rotatable bonds is 11. The Hall–Kier alpha value is -3.99. The number of hydrogen-bond donors (Lipinski definition) is 3. The van der Waals surface area contributed by atoms with Crippen molar-refractivity contribution in [2.45, 2.75) is 71.2 Å². The van der Waals surface area contributed by atoms with Gasteiger partial charge in [-0.05, 0) is 62.9 Å². The molecule has 0 spiro atoms. The third-order valence-electron chi connectivity index (χ3n) is 6.54. The van der Waals surface area contributed by atoms with Gasteiger partial charge in [0.2, 0.25) is 0 Å². The topological polar surface area (TPSA) is 128 Å². The maximum atomic E-state index is 14.4. The summed E-state index contributed by atoms with van der Waals surface area (Å²) in [6.45, 7) is 7.18. The number of carboxylic acids is 1. The van der Waals surface area contributed by atoms with E-state index in [9.17, 15) is 19.1 Å². The highest BCUT2D eigenvalue weighted by molar-refractivity contribution is 5.95. The maximum absolute atomic E-state index is 14.4. The second-order valence-electron chi connectivity index (χ2n) is 10.8. The van der Waals surface area contributed by atoms with Crippen molar-refractivity contribution < 1.29 is 28.6 Å². The molecule has 0 saturated heterocycles. The van der Waals surface area contributed by atoms with Gasteiger partial charge in [-0.15, -0.1) is 0 Å². The number of aryl methyl sites for hydroxylation is 3. The molecule has 214 valence electrons. The molecular weight excluding hydrogens is 517 g/mol. The van der Waals surface area contributed by atoms with Crippen LogP contribution in [0, 0.1) is 5.82 Å². The van der Waals surface area contributed by atoms with Gasteiger partial charge in [-0.1, -0.05) is 12.1 Å². The molecule has 1 aliphatic heterocycles. The van der Waals surface area contributed by atoms with Crippen molar-refractivity contribution in [3.05, 3.63) is 70.4 Å². The summed E-state index contributed by atoms with van der Waals surface area (Å²) in [5.41, 5.74) is 2.63. The first-order valence-electron chi connectivity index (χ1n) is 13.3. The average Bonchev–Trinajstić information content (AvgIpc) is 3.33. The minimum Gasteiger partial charge on any atom is -0.494 e. The van der Waals surface area contributed by atoms with Crippen LogP contribution >= 0.6 is 0 Å². The Kier molecular flexibility index (Phi) is 9.03. The summed E-state index contributed by atoms with van der Waals surface area (Å²) in [5.74, 6) is -1.38. The zero-order valence-corrected chi connectivity index (χ0v) is 23.3. The predicted octanol–water partition coefficient (Wildman–Crippen LogP) is 4.29. The SMILES string of the molecule is COc1ccc([C@H](CC(=O)O)NC(=O)c2cn(CCc3ccc4c(n3)NCCC4)nc2COC(C)(C)C)cc1F. The first-order chi connectivity index (χ1) is 19.0. The minimum absolute atomic E-state index is 0.0243. The summed E-state index contributed by atoms with van der Waals surface area (Å²) < 4.78 is 26.9. The summed E-state index contributed by atoms with van der Waals surface area (Å²) in [4.78, 5) is 29.8. The van der Waals surface area contributed by atoms with Crippen LogP contribution in [0.4, 0.5) is 10.2 Å². The molecule has 0 aliphatic carbocycles. The Morgan fingerprint density at radius 3 is 2.75 bits per heavy atom. The highest BCUT2D eigenvalue weighted by Gasteiger charge is 2.25. The van der Waals surface area contributed by atoms with Crippen molar-refractivity contribution in [2.24, 2.45) is 0 Å². The Morgan fingerprint density at radius 1 is 1.25 bits per heavy atom. The average molecular weight is 554 g/mol. The van der Waals surface area contributed by atoms with Crippen LogP contribution in [0.5, 0.6) is 5.75 Å². The van der Waals surface area contributed by atoms with Crippen molar-refractivity contribution in [2.75, 3.05) is 19.0 Å². The lowest BCUT2D eigenvalue weighted by Gasteiger charge is -2.20. The number of nitrogens with one attached hydrogen (secondary N) is 2. The van der Waals surface area contributed by atoms with Crippen molar-refractivity contribution in [3.8, 4) is 5.75 Å². The van der Waals surface area contributed by atoms with E-state index < -0.39 is 35.8 Å². The number of carbonyl (C=O) groups excluding carboxylic acids is 1. The van der Waals surface area contributed by atoms with Gasteiger partial charge in [-0.25, -0.2) is 9.37 Å². The second kappa shape index (κ2) is 12.5. The number of anilines is 1. The van der Waals surface area contributed by atoms with E-state index in [4.69, 9.17) is 14.5 Å². The summed E-state index contributed by atoms with van der Waals surface area (Å²) >= 11 is 0. The molecule has 2 aromatic heterocycles. The Balaban J connectivity index is 1.55. The van der Waals surface area contributed by atoms with Crippen LogP contribution in [0.15, 0.2) is 36.5 Å². The number of hydrogen-bond acceptors (Lipinski definition) is 7. The zero-order chi connectivity index (χ0) is 28.9. The number of benzene rings is 1. The van der Waals surface area contributed by atoms with Crippen LogP contribution in [0.3, 0.4) is 0 Å². The molecule has 1 aliphatic rings. The largest absolute Gasteiger partial charge is 0.494 e. The Bertz CT molecular complexity index is 1370. The second-order valence-corrected chi connectivity index (χ2v) is 10.8. The number of fused-ring (bicyclic) bond motifs is 1. The molecule has 3 N–H and O–H groups in total. The number of aromatic nitrogens is 3. The van der Waals surface area contributed by atoms with Gasteiger partial charge in [0.25, 0.3) is 5.91 Å². The van der Waals surface area contributed by atoms with E-state index in [1.165, 1.54) is 30.9 Å². The van der Waals surface area contributed by atoms with Crippen molar-refractivity contribution in [3.63, 3.8) is 0 Å². The van der Waals surface area contributed by atoms with Crippen LogP contribution in [0.25, 0.3) is 0 Å². The molecule has 4 rings (SSSR count). The lowest BCUT2D eigenvalue weighted by molar-refractivity contribution is -0.137. The number of ether oxygens (including phenoxy) is 2. The molecule has 0 bridgehead atoms. The molecule has 0 unspecified atom stereocenters. The molecule has 3 aromatic rings. The summed E-state index contributed by atoms with van der Waals surface area (Å²) in [6, 6.07) is 7.23. The molecule has 11 heteroatoms. The molecule has 0 saturated carbocycles. The van der Waals surface area contributed by atoms with Crippen LogP contribution in [0.1, 0.15) is 72.5 Å². The van der Waals surface area contributed by atoms with Gasteiger partial charge in [0.05, 0.1) is 37.3 Å². The Labute approximate surface area is 232 Å². The fraction of sp³-hybridized carbons (Fsp3) is 0.448. The van der Waals surface area contributed by atoms with Gasteiger partial charge in [0, 0.05) is 31.4 Å². The first-order valence-corrected chi connectivity index (χ1v) is 13.3. The van der Waals surface area contributed by atoms with E-state index in [1.807, 2.05) is 26.8 Å². The predicted molar refractivity (Wildman–Crippen MR) is 147 cm³/mol. The molecule has 40 heavy (non-hydrogen) atoms. The Morgan fingerprint density at radius 2 is 2.05 bits per heavy atom. The maximum Gasteiger partial charge on any atom is 0.305 e. The number of carboxylic acid groups (broad SMARTS) is 1. The number of amides is 1. The molecule has 0 radical (unpaired) electrons. The van der Waals surface area contributed by atoms with Gasteiger partial charge >= 0.3 is 5.97 Å². The third-order valence-corrected chi connectivity index (χ3v) is 6.54. The molecule has 3 heterocycles. The van der Waals surface area contributed by atoms with Gasteiger partial charge in [0.15, 0.2) is 11.6 Å². The highest BCUT2D eigenvalue weighted by Crippen LogP contribution is 2.25. The molecule has 1 atom stereocenters. The van der Waals surface area contributed by atoms with E-state index in [0.717, 1.165) is 30.9 Å². The van der Waals surface area contributed by atoms with Crippen LogP contribution in [-0.4, -0.2) is 51.0 Å². The summed E-state index contributed by atoms with van der Waals surface area (Å²) in [7, 11) is 1.34. The number of aliphatic carboxylic acids is 1. The highest BCUT2D eigenvalue weighted by atomic mass is 19.1. The van der Waals surface area contributed by atoms with Gasteiger partial charge in [-0.3, -0.25) is 14.3 Å². The van der Waals surface area contributed by atoms with Crippen molar-refractivity contribution in [1.82, 2.24) is 20.1 Å². The summed E-state index contributed by atoms with van der Waals surface area (Å²) in [5, 5.41) is 20.2. The van der Waals surface area contributed by atoms with Crippen LogP contribution in [-0.2, 0) is 35.5 Å². The van der Waals surface area contributed by atoms with E-state index >= 15 is 0 Å². The van der Waals surface area contributed by atoms with E-state index in [2.05, 4.69) is 21.8 Å². The fourth-order valence-corrected chi connectivity index (χ4v) is 4.46. The molecule has 1 aromatic carbocycles. The van der Waals surface area contributed by atoms with Crippen molar-refractivity contribution in [1.29, 1.82) is 0 Å². The number of carbonyl (C=O) groups is 2. The smallest absolute Gasteiger partial charge is 0.305 e. The van der Waals surface area contributed by atoms with Gasteiger partial charge in [-0.2, -0.15) is 5.10 Å². The van der Waals surface area contributed by atoms with E-state index in [0.29, 0.717) is 24.2 Å². The molecule has 10 nitrogen and oxygen atoms in total. The van der Waals surface area contributed by atoms with Gasteiger partial charge in [0.1, 0.15) is 11.5 Å². The number of methoxy groups -OCH3 is 1. The first kappa shape index (κ1) is 29.0. The summed E-state index contributed by atoms with van der Waals surface area (Å²) in [6.07, 6.45) is 3.89. The minimum atomic E-state index is -1.14. The lowest BCUT2D eigenvalue weighted by atomic mass is 10.0. The molecular formula is C29H36FN5O5. The third kappa shape index (κ3) is 7.56. The van der Waals surface area contributed by atoms with Gasteiger partial charge < -0.3 is 25.2 Å². The number of halogens is 1. The lowest BCUT2D eigenvalue weighted by Crippen LogP contribution is -2.31. The van der Waals surface area contributed by atoms with E-state index in [-0.39, 0.29) is 17.9 Å². The quantitative estimate of drug-likeness (QED) is 0.321. The standard InChI is InChI=1S/C29H36FN5O5/c1-29(2,3)40-17-24-21(16-35(34-24)13-11-20-9-7-18-6-5-12-31-27(18)32-20)28(38)33-23(15-26(36)37)19-8-10-25(39-4)22(30)14-19/h7-10,14,16,23H,5-6,11-13,15,17H2,1-4H3,(H,31,32)(H,33,38)(H,36,37)/t23-/m0/s1. The number of nitrogens with zero attached hydrogens (tertiary/aromatic N) is 3. The van der Waals surface area contributed by atoms with Crippen LogP contribution < -0.4 is 15.4 Å². The van der Waals surface area contributed by atoms with Crippen molar-refractivity contribution >= 4 is 17.7 Å². The zero-order valence-electron chi connectivity index (χ0n) is 23.3. The normalized spacial score (nSPS) is 13.7.